The van der Waals surface area contributed by atoms with E-state index in [2.05, 4.69) is 10.6 Å². The second kappa shape index (κ2) is 9.68. The number of anilines is 3. The summed E-state index contributed by atoms with van der Waals surface area (Å²) in [7, 11) is 1.71. The van der Waals surface area contributed by atoms with Crippen molar-refractivity contribution in [3.8, 4) is 0 Å². The quantitative estimate of drug-likeness (QED) is 0.313. The number of halogens is 5. The fraction of sp³-hybridized carbons (Fsp3) is 0.192. The SMILES string of the molecule is CN1C(=O)Cc2cc(NC(=O)c3cc(NC(=O)[C@H]4[C@H](c5cc(Cl)cc(Cl)c5)C4(Cl)Cl)ccc3Cl)ccc21. The van der Waals surface area contributed by atoms with Crippen molar-refractivity contribution in [2.75, 3.05) is 22.6 Å². The standard InChI is InChI=1S/C26H18Cl5N3O3/c1-34-20-5-3-16(8-12(20)9-21(34)35)32-24(36)18-11-17(2-4-19(18)29)33-25(37)23-22(26(23,30)31)13-6-14(27)10-15(28)7-13/h2-8,10-11,22-23H,9H2,1H3,(H,32,36)(H,33,37)/t22-,23+/m0/s1. The van der Waals surface area contributed by atoms with Crippen LogP contribution in [0.2, 0.25) is 15.1 Å². The predicted octanol–water partition coefficient (Wildman–Crippen LogP) is 6.94. The molecule has 0 spiro atoms. The molecule has 3 aromatic rings. The molecule has 3 aromatic carbocycles. The van der Waals surface area contributed by atoms with Crippen LogP contribution in [0, 0.1) is 5.92 Å². The molecule has 2 N–H and O–H groups in total. The fourth-order valence-corrected chi connectivity index (χ4v) is 6.14. The molecule has 2 atom stereocenters. The van der Waals surface area contributed by atoms with Gasteiger partial charge in [0.1, 0.15) is 4.33 Å². The number of benzene rings is 3. The Morgan fingerprint density at radius 1 is 0.919 bits per heavy atom. The highest BCUT2D eigenvalue weighted by atomic mass is 35.5. The summed E-state index contributed by atoms with van der Waals surface area (Å²) in [5.41, 5.74) is 3.31. The van der Waals surface area contributed by atoms with Crippen LogP contribution in [0.15, 0.2) is 54.6 Å². The lowest BCUT2D eigenvalue weighted by Gasteiger charge is -2.12. The molecule has 37 heavy (non-hydrogen) atoms. The number of amides is 3. The summed E-state index contributed by atoms with van der Waals surface area (Å²) in [5.74, 6) is -2.18. The van der Waals surface area contributed by atoms with E-state index in [0.717, 1.165) is 11.3 Å². The van der Waals surface area contributed by atoms with E-state index in [-0.39, 0.29) is 22.9 Å². The lowest BCUT2D eigenvalue weighted by atomic mass is 10.1. The number of nitrogens with zero attached hydrogens (tertiary/aromatic N) is 1. The van der Waals surface area contributed by atoms with Crippen LogP contribution in [0.25, 0.3) is 0 Å². The first-order valence-corrected chi connectivity index (χ1v) is 13.0. The van der Waals surface area contributed by atoms with Crippen LogP contribution in [-0.2, 0) is 16.0 Å². The molecule has 3 amide bonds. The zero-order chi connectivity index (χ0) is 26.6. The molecule has 6 nitrogen and oxygen atoms in total. The Hall–Kier alpha value is -2.48. The number of fused-ring (bicyclic) bond motifs is 1. The Morgan fingerprint density at radius 2 is 1.57 bits per heavy atom. The number of alkyl halides is 2. The van der Waals surface area contributed by atoms with Gasteiger partial charge in [0.2, 0.25) is 11.8 Å². The average Bonchev–Trinajstić information content (AvgIpc) is 3.29. The molecular weight excluding hydrogens is 580 g/mol. The van der Waals surface area contributed by atoms with Crippen LogP contribution >= 0.6 is 58.0 Å². The van der Waals surface area contributed by atoms with Crippen LogP contribution in [-0.4, -0.2) is 29.1 Å². The summed E-state index contributed by atoms with van der Waals surface area (Å²) in [6.07, 6.45) is 0.268. The van der Waals surface area contributed by atoms with Crippen molar-refractivity contribution < 1.29 is 14.4 Å². The Morgan fingerprint density at radius 3 is 2.27 bits per heavy atom. The average molecular weight is 598 g/mol. The van der Waals surface area contributed by atoms with Crippen LogP contribution in [0.3, 0.4) is 0 Å². The van der Waals surface area contributed by atoms with Gasteiger partial charge in [-0.05, 0) is 65.7 Å². The fourth-order valence-electron chi connectivity index (χ4n) is 4.57. The van der Waals surface area contributed by atoms with Crippen molar-refractivity contribution >= 4 is 92.8 Å². The van der Waals surface area contributed by atoms with Gasteiger partial charge in [-0.3, -0.25) is 14.4 Å². The molecular formula is C26H18Cl5N3O3. The first-order chi connectivity index (χ1) is 17.5. The molecule has 0 unspecified atom stereocenters. The molecule has 1 fully saturated rings. The second-order valence-corrected chi connectivity index (χ2v) is 11.7. The molecule has 11 heteroatoms. The molecule has 0 radical (unpaired) electrons. The smallest absolute Gasteiger partial charge is 0.257 e. The largest absolute Gasteiger partial charge is 0.326 e. The van der Waals surface area contributed by atoms with Crippen molar-refractivity contribution in [3.63, 3.8) is 0 Å². The van der Waals surface area contributed by atoms with E-state index in [1.165, 1.54) is 12.1 Å². The van der Waals surface area contributed by atoms with Gasteiger partial charge in [0.05, 0.1) is 22.9 Å². The first-order valence-electron chi connectivity index (χ1n) is 11.1. The molecule has 1 aliphatic heterocycles. The normalized spacial score (nSPS) is 19.4. The van der Waals surface area contributed by atoms with Gasteiger partial charge >= 0.3 is 0 Å². The van der Waals surface area contributed by atoms with Gasteiger partial charge in [-0.2, -0.15) is 0 Å². The van der Waals surface area contributed by atoms with Crippen molar-refractivity contribution in [3.05, 3.63) is 86.4 Å². The Bertz CT molecular complexity index is 1460. The van der Waals surface area contributed by atoms with Crippen LogP contribution in [0.5, 0.6) is 0 Å². The second-order valence-electron chi connectivity index (χ2n) is 8.94. The summed E-state index contributed by atoms with van der Waals surface area (Å²) in [6.45, 7) is 0. The van der Waals surface area contributed by atoms with E-state index in [4.69, 9.17) is 58.0 Å². The molecule has 1 aliphatic carbocycles. The molecule has 0 bridgehead atoms. The molecule has 0 aromatic heterocycles. The Kier molecular flexibility index (Phi) is 6.84. The highest BCUT2D eigenvalue weighted by molar-refractivity contribution is 6.53. The Labute approximate surface area is 237 Å². The monoisotopic (exact) mass is 595 g/mol. The lowest BCUT2D eigenvalue weighted by molar-refractivity contribution is -0.118. The zero-order valence-corrected chi connectivity index (χ0v) is 22.9. The van der Waals surface area contributed by atoms with Crippen molar-refractivity contribution in [2.24, 2.45) is 5.92 Å². The van der Waals surface area contributed by atoms with Crippen LogP contribution in [0.1, 0.15) is 27.4 Å². The maximum absolute atomic E-state index is 13.1. The summed E-state index contributed by atoms with van der Waals surface area (Å²) in [5, 5.41) is 6.58. The number of rotatable bonds is 5. The minimum Gasteiger partial charge on any atom is -0.326 e. The zero-order valence-electron chi connectivity index (χ0n) is 19.1. The number of likely N-dealkylation sites (N-methyl/N-ethyl adjacent to an activating group) is 1. The molecule has 5 rings (SSSR count). The topological polar surface area (TPSA) is 78.5 Å². The highest BCUT2D eigenvalue weighted by Crippen LogP contribution is 2.65. The molecule has 0 saturated heterocycles. The summed E-state index contributed by atoms with van der Waals surface area (Å²) < 4.78 is -1.34. The van der Waals surface area contributed by atoms with Gasteiger partial charge in [-0.25, -0.2) is 0 Å². The highest BCUT2D eigenvalue weighted by Gasteiger charge is 2.67. The van der Waals surface area contributed by atoms with E-state index < -0.39 is 28.0 Å². The number of nitrogens with one attached hydrogen (secondary N) is 2. The van der Waals surface area contributed by atoms with Crippen LogP contribution in [0.4, 0.5) is 17.1 Å². The van der Waals surface area contributed by atoms with E-state index >= 15 is 0 Å². The van der Waals surface area contributed by atoms with Gasteiger partial charge in [0.25, 0.3) is 5.91 Å². The van der Waals surface area contributed by atoms with Gasteiger partial charge in [0.15, 0.2) is 0 Å². The van der Waals surface area contributed by atoms with Gasteiger partial charge in [-0.1, -0.05) is 34.8 Å². The van der Waals surface area contributed by atoms with Crippen molar-refractivity contribution in [2.45, 2.75) is 16.7 Å². The summed E-state index contributed by atoms with van der Waals surface area (Å²) >= 11 is 31.4. The van der Waals surface area contributed by atoms with E-state index in [9.17, 15) is 14.4 Å². The number of hydrogen-bond donors (Lipinski definition) is 2. The summed E-state index contributed by atoms with van der Waals surface area (Å²) in [6, 6.07) is 14.7. The number of carbonyl (C=O) groups is 3. The number of carbonyl (C=O) groups excluding carboxylic acids is 3. The van der Waals surface area contributed by atoms with E-state index in [1.807, 2.05) is 0 Å². The van der Waals surface area contributed by atoms with Crippen LogP contribution < -0.4 is 15.5 Å². The maximum atomic E-state index is 13.1. The van der Waals surface area contributed by atoms with Gasteiger partial charge < -0.3 is 15.5 Å². The van der Waals surface area contributed by atoms with Gasteiger partial charge in [0, 0.05) is 40.1 Å². The predicted molar refractivity (Wildman–Crippen MR) is 149 cm³/mol. The Balaban J connectivity index is 1.31. The number of hydrogen-bond acceptors (Lipinski definition) is 3. The minimum atomic E-state index is -1.34. The van der Waals surface area contributed by atoms with Crippen molar-refractivity contribution in [1.82, 2.24) is 0 Å². The van der Waals surface area contributed by atoms with Gasteiger partial charge in [-0.15, -0.1) is 23.2 Å². The van der Waals surface area contributed by atoms with E-state index in [0.29, 0.717) is 27.0 Å². The summed E-state index contributed by atoms with van der Waals surface area (Å²) in [4.78, 5) is 39.6. The third-order valence-corrected chi connectivity index (χ3v) is 8.18. The molecule has 1 heterocycles. The first kappa shape index (κ1) is 26.1. The third-order valence-electron chi connectivity index (χ3n) is 6.47. The van der Waals surface area contributed by atoms with E-state index in [1.54, 1.807) is 54.4 Å². The molecule has 190 valence electrons. The molecule has 2 aliphatic rings. The lowest BCUT2D eigenvalue weighted by Crippen LogP contribution is -2.20. The maximum Gasteiger partial charge on any atom is 0.257 e. The third kappa shape index (κ3) is 5.01. The molecule has 1 saturated carbocycles. The van der Waals surface area contributed by atoms with Crippen molar-refractivity contribution in [1.29, 1.82) is 0 Å². The minimum absolute atomic E-state index is 0.0146.